The van der Waals surface area contributed by atoms with Crippen molar-refractivity contribution in [1.82, 2.24) is 4.98 Å². The lowest BCUT2D eigenvalue weighted by Crippen LogP contribution is -2.13. The Morgan fingerprint density at radius 2 is 2.04 bits per heavy atom. The summed E-state index contributed by atoms with van der Waals surface area (Å²) in [4.78, 5) is 17.7. The molecule has 3 rings (SSSR count). The normalized spacial score (nSPS) is 10.4. The molecule has 3 aromatic rings. The van der Waals surface area contributed by atoms with Crippen LogP contribution < -0.4 is 10.1 Å². The van der Waals surface area contributed by atoms with E-state index in [2.05, 4.69) is 10.3 Å². The van der Waals surface area contributed by atoms with E-state index >= 15 is 0 Å². The molecule has 0 saturated heterocycles. The molecule has 0 aliphatic heterocycles. The summed E-state index contributed by atoms with van der Waals surface area (Å²) in [5, 5.41) is 2.85. The van der Waals surface area contributed by atoms with Gasteiger partial charge in [-0.15, -0.1) is 11.8 Å². The highest BCUT2D eigenvalue weighted by Gasteiger charge is 2.19. The predicted molar refractivity (Wildman–Crippen MR) is 94.7 cm³/mol. The Morgan fingerprint density at radius 1 is 1.21 bits per heavy atom. The first-order valence-corrected chi connectivity index (χ1v) is 8.47. The number of amides is 1. The molecule has 0 unspecified atom stereocenters. The number of anilines is 1. The molecule has 0 bridgehead atoms. The van der Waals surface area contributed by atoms with Crippen LogP contribution in [0.2, 0.25) is 0 Å². The highest BCUT2D eigenvalue weighted by Crippen LogP contribution is 2.27. The number of nitrogens with one attached hydrogen (secondary N) is 1. The second-order valence-electron chi connectivity index (χ2n) is 4.95. The van der Waals surface area contributed by atoms with E-state index < -0.39 is 0 Å². The quantitative estimate of drug-likeness (QED) is 0.701. The number of benzene rings is 2. The second-order valence-corrected chi connectivity index (χ2v) is 5.83. The number of methoxy groups -OCH3 is 1. The van der Waals surface area contributed by atoms with Crippen LogP contribution in [0.1, 0.15) is 10.5 Å². The van der Waals surface area contributed by atoms with Gasteiger partial charge in [0, 0.05) is 16.1 Å². The highest BCUT2D eigenvalue weighted by molar-refractivity contribution is 7.98. The number of oxazole rings is 1. The van der Waals surface area contributed by atoms with Gasteiger partial charge >= 0.3 is 0 Å². The van der Waals surface area contributed by atoms with Gasteiger partial charge in [-0.25, -0.2) is 4.98 Å². The van der Waals surface area contributed by atoms with Gasteiger partial charge in [-0.1, -0.05) is 18.2 Å². The number of aromatic nitrogens is 1. The monoisotopic (exact) mass is 340 g/mol. The molecular formula is C18H16N2O3S. The third-order valence-corrected chi connectivity index (χ3v) is 4.17. The van der Waals surface area contributed by atoms with Gasteiger partial charge in [0.15, 0.2) is 17.8 Å². The minimum absolute atomic E-state index is 0.234. The van der Waals surface area contributed by atoms with Gasteiger partial charge in [0.1, 0.15) is 5.75 Å². The number of carbonyl (C=O) groups is 1. The van der Waals surface area contributed by atoms with E-state index in [0.717, 1.165) is 10.5 Å². The number of nitrogens with zero attached hydrogens (tertiary/aromatic N) is 1. The van der Waals surface area contributed by atoms with Gasteiger partial charge in [0.25, 0.3) is 5.91 Å². The number of ether oxygens (including phenoxy) is 1. The second kappa shape index (κ2) is 7.23. The molecule has 122 valence electrons. The largest absolute Gasteiger partial charge is 0.497 e. The van der Waals surface area contributed by atoms with Gasteiger partial charge < -0.3 is 14.5 Å². The zero-order valence-corrected chi connectivity index (χ0v) is 14.1. The van der Waals surface area contributed by atoms with E-state index in [4.69, 9.17) is 9.15 Å². The summed E-state index contributed by atoms with van der Waals surface area (Å²) in [5.41, 5.74) is 1.68. The standard InChI is InChI=1S/C18H16N2O3S/c1-22-14-7-3-5-12(9-14)17-16(19-11-23-17)18(21)20-13-6-4-8-15(10-13)24-2/h3-11H,1-2H3,(H,20,21). The van der Waals surface area contributed by atoms with Crippen LogP contribution in [0.4, 0.5) is 5.69 Å². The molecule has 5 nitrogen and oxygen atoms in total. The molecule has 2 aromatic carbocycles. The molecule has 24 heavy (non-hydrogen) atoms. The molecule has 0 spiro atoms. The molecule has 0 radical (unpaired) electrons. The Bertz CT molecular complexity index is 861. The SMILES string of the molecule is COc1cccc(-c2ocnc2C(=O)Nc2cccc(SC)c2)c1. The molecule has 1 amide bonds. The third-order valence-electron chi connectivity index (χ3n) is 3.44. The number of hydrogen-bond acceptors (Lipinski definition) is 5. The van der Waals surface area contributed by atoms with Crippen LogP contribution in [-0.2, 0) is 0 Å². The topological polar surface area (TPSA) is 64.4 Å². The van der Waals surface area contributed by atoms with Gasteiger partial charge in [0.05, 0.1) is 7.11 Å². The molecule has 1 aromatic heterocycles. The average molecular weight is 340 g/mol. The summed E-state index contributed by atoms with van der Waals surface area (Å²) >= 11 is 1.61. The van der Waals surface area contributed by atoms with Crippen molar-refractivity contribution in [2.45, 2.75) is 4.90 Å². The number of hydrogen-bond donors (Lipinski definition) is 1. The Balaban J connectivity index is 1.87. The molecule has 0 saturated carbocycles. The Hall–Kier alpha value is -2.73. The summed E-state index contributed by atoms with van der Waals surface area (Å²) in [7, 11) is 1.59. The molecule has 0 aliphatic rings. The first kappa shape index (κ1) is 16.1. The molecule has 0 fully saturated rings. The first-order valence-electron chi connectivity index (χ1n) is 7.24. The van der Waals surface area contributed by atoms with E-state index in [9.17, 15) is 4.79 Å². The van der Waals surface area contributed by atoms with Crippen molar-refractivity contribution >= 4 is 23.4 Å². The maximum Gasteiger partial charge on any atom is 0.278 e. The fourth-order valence-corrected chi connectivity index (χ4v) is 2.73. The van der Waals surface area contributed by atoms with Gasteiger partial charge in [-0.3, -0.25) is 4.79 Å². The van der Waals surface area contributed by atoms with Crippen LogP contribution >= 0.6 is 11.8 Å². The van der Waals surface area contributed by atoms with E-state index in [1.54, 1.807) is 24.9 Å². The minimum atomic E-state index is -0.320. The predicted octanol–water partition coefficient (Wildman–Crippen LogP) is 4.32. The lowest BCUT2D eigenvalue weighted by Gasteiger charge is -2.07. The summed E-state index contributed by atoms with van der Waals surface area (Å²) in [6, 6.07) is 14.9. The lowest BCUT2D eigenvalue weighted by molar-refractivity contribution is 0.102. The molecule has 0 aliphatic carbocycles. The van der Waals surface area contributed by atoms with Crippen LogP contribution in [0.3, 0.4) is 0 Å². The van der Waals surface area contributed by atoms with Gasteiger partial charge in [-0.2, -0.15) is 0 Å². The fourth-order valence-electron chi connectivity index (χ4n) is 2.27. The molecule has 1 N–H and O–H groups in total. The average Bonchev–Trinajstić information content (AvgIpc) is 3.12. The van der Waals surface area contributed by atoms with Crippen LogP contribution in [0.15, 0.2) is 64.2 Å². The first-order chi connectivity index (χ1) is 11.7. The van der Waals surface area contributed by atoms with Crippen molar-refractivity contribution in [1.29, 1.82) is 0 Å². The van der Waals surface area contributed by atoms with Crippen molar-refractivity contribution in [2.75, 3.05) is 18.7 Å². The molecule has 0 atom stereocenters. The van der Waals surface area contributed by atoms with Crippen molar-refractivity contribution in [3.05, 3.63) is 60.6 Å². The van der Waals surface area contributed by atoms with Crippen molar-refractivity contribution in [3.63, 3.8) is 0 Å². The van der Waals surface area contributed by atoms with Crippen molar-refractivity contribution in [3.8, 4) is 17.1 Å². The summed E-state index contributed by atoms with van der Waals surface area (Å²) in [6.45, 7) is 0. The smallest absolute Gasteiger partial charge is 0.278 e. The molecular weight excluding hydrogens is 324 g/mol. The highest BCUT2D eigenvalue weighted by atomic mass is 32.2. The van der Waals surface area contributed by atoms with Crippen molar-refractivity contribution in [2.24, 2.45) is 0 Å². The van der Waals surface area contributed by atoms with E-state index in [0.29, 0.717) is 17.2 Å². The van der Waals surface area contributed by atoms with Crippen LogP contribution in [0, 0.1) is 0 Å². The van der Waals surface area contributed by atoms with Gasteiger partial charge in [0.2, 0.25) is 0 Å². The minimum Gasteiger partial charge on any atom is -0.497 e. The summed E-state index contributed by atoms with van der Waals surface area (Å²) in [5.74, 6) is 0.773. The Labute approximate surface area is 144 Å². The van der Waals surface area contributed by atoms with Crippen LogP contribution in [-0.4, -0.2) is 24.3 Å². The number of rotatable bonds is 5. The van der Waals surface area contributed by atoms with Gasteiger partial charge in [-0.05, 0) is 36.6 Å². The third kappa shape index (κ3) is 3.44. The lowest BCUT2D eigenvalue weighted by atomic mass is 10.1. The summed E-state index contributed by atoms with van der Waals surface area (Å²) in [6.07, 6.45) is 3.25. The molecule has 1 heterocycles. The van der Waals surface area contributed by atoms with Crippen LogP contribution in [0.5, 0.6) is 5.75 Å². The van der Waals surface area contributed by atoms with E-state index in [1.807, 2.05) is 48.7 Å². The number of carbonyl (C=O) groups excluding carboxylic acids is 1. The van der Waals surface area contributed by atoms with Crippen LogP contribution in [0.25, 0.3) is 11.3 Å². The Kier molecular flexibility index (Phi) is 4.86. The van der Waals surface area contributed by atoms with E-state index in [1.165, 1.54) is 6.39 Å². The zero-order valence-electron chi connectivity index (χ0n) is 13.3. The Morgan fingerprint density at radius 3 is 2.83 bits per heavy atom. The zero-order chi connectivity index (χ0) is 16.9. The maximum absolute atomic E-state index is 12.6. The van der Waals surface area contributed by atoms with E-state index in [-0.39, 0.29) is 11.6 Å². The summed E-state index contributed by atoms with van der Waals surface area (Å²) < 4.78 is 10.6. The molecule has 6 heteroatoms. The number of thioether (sulfide) groups is 1. The van der Waals surface area contributed by atoms with Crippen molar-refractivity contribution < 1.29 is 13.9 Å². The maximum atomic E-state index is 12.6. The fraction of sp³-hybridized carbons (Fsp3) is 0.111.